The molecule has 0 aliphatic carbocycles. The van der Waals surface area contributed by atoms with Crippen molar-refractivity contribution in [2.24, 2.45) is 5.73 Å². The molecule has 3 rings (SSSR count). The fraction of sp³-hybridized carbons (Fsp3) is 0.176. The van der Waals surface area contributed by atoms with Crippen LogP contribution in [0.25, 0.3) is 12.2 Å². The first kappa shape index (κ1) is 13.5. The van der Waals surface area contributed by atoms with Gasteiger partial charge in [0.15, 0.2) is 0 Å². The summed E-state index contributed by atoms with van der Waals surface area (Å²) < 4.78 is 0. The van der Waals surface area contributed by atoms with Gasteiger partial charge in [0.25, 0.3) is 0 Å². The average molecular weight is 279 g/mol. The Morgan fingerprint density at radius 1 is 1.19 bits per heavy atom. The summed E-state index contributed by atoms with van der Waals surface area (Å²) in [4.78, 5) is 17.9. The van der Waals surface area contributed by atoms with Gasteiger partial charge < -0.3 is 10.6 Å². The van der Waals surface area contributed by atoms with Crippen molar-refractivity contribution in [2.75, 3.05) is 11.4 Å². The molecular formula is C17H17N3O. The van der Waals surface area contributed by atoms with Gasteiger partial charge in [0.05, 0.1) is 5.69 Å². The SMILES string of the molecule is NC1CC(=O)N(c2cccc(C=Cc3ccccn3)c2)C1. The summed E-state index contributed by atoms with van der Waals surface area (Å²) in [6.07, 6.45) is 6.14. The number of nitrogens with zero attached hydrogens (tertiary/aromatic N) is 2. The Balaban J connectivity index is 1.81. The van der Waals surface area contributed by atoms with Gasteiger partial charge in [0.2, 0.25) is 5.91 Å². The van der Waals surface area contributed by atoms with Gasteiger partial charge in [-0.1, -0.05) is 24.3 Å². The van der Waals surface area contributed by atoms with Gasteiger partial charge >= 0.3 is 0 Å². The summed E-state index contributed by atoms with van der Waals surface area (Å²) in [7, 11) is 0. The Morgan fingerprint density at radius 2 is 2.10 bits per heavy atom. The van der Waals surface area contributed by atoms with E-state index in [0.29, 0.717) is 13.0 Å². The third-order valence-corrected chi connectivity index (χ3v) is 3.47. The zero-order valence-corrected chi connectivity index (χ0v) is 11.6. The van der Waals surface area contributed by atoms with Crippen molar-refractivity contribution in [3.63, 3.8) is 0 Å². The molecule has 1 amide bonds. The van der Waals surface area contributed by atoms with E-state index in [1.807, 2.05) is 54.6 Å². The summed E-state index contributed by atoms with van der Waals surface area (Å²) in [5.74, 6) is 0.0911. The van der Waals surface area contributed by atoms with Crippen LogP contribution in [0.1, 0.15) is 17.7 Å². The lowest BCUT2D eigenvalue weighted by molar-refractivity contribution is -0.117. The summed E-state index contributed by atoms with van der Waals surface area (Å²) in [6.45, 7) is 0.590. The molecule has 106 valence electrons. The molecule has 1 aromatic heterocycles. The molecule has 1 aliphatic rings. The maximum absolute atomic E-state index is 11.9. The molecule has 1 aliphatic heterocycles. The fourth-order valence-electron chi connectivity index (χ4n) is 2.44. The lowest BCUT2D eigenvalue weighted by Crippen LogP contribution is -2.27. The summed E-state index contributed by atoms with van der Waals surface area (Å²) in [5.41, 5.74) is 8.68. The van der Waals surface area contributed by atoms with Crippen molar-refractivity contribution >= 4 is 23.7 Å². The van der Waals surface area contributed by atoms with E-state index in [-0.39, 0.29) is 11.9 Å². The van der Waals surface area contributed by atoms with Crippen LogP contribution in [0.4, 0.5) is 5.69 Å². The van der Waals surface area contributed by atoms with Crippen LogP contribution in [0.15, 0.2) is 48.7 Å². The number of amides is 1. The predicted molar refractivity (Wildman–Crippen MR) is 84.6 cm³/mol. The van der Waals surface area contributed by atoms with Gasteiger partial charge in [-0.2, -0.15) is 0 Å². The van der Waals surface area contributed by atoms with Gasteiger partial charge in [0.1, 0.15) is 0 Å². The summed E-state index contributed by atoms with van der Waals surface area (Å²) >= 11 is 0. The molecule has 4 nitrogen and oxygen atoms in total. The molecule has 1 saturated heterocycles. The molecule has 2 heterocycles. The molecule has 1 atom stereocenters. The smallest absolute Gasteiger partial charge is 0.228 e. The highest BCUT2D eigenvalue weighted by Gasteiger charge is 2.27. The number of carbonyl (C=O) groups excluding carboxylic acids is 1. The van der Waals surface area contributed by atoms with Crippen LogP contribution in [-0.2, 0) is 4.79 Å². The van der Waals surface area contributed by atoms with Crippen molar-refractivity contribution in [1.29, 1.82) is 0 Å². The zero-order chi connectivity index (χ0) is 14.7. The summed E-state index contributed by atoms with van der Waals surface area (Å²) in [6, 6.07) is 13.6. The van der Waals surface area contributed by atoms with E-state index in [1.54, 1.807) is 11.1 Å². The maximum atomic E-state index is 11.9. The number of hydrogen-bond acceptors (Lipinski definition) is 3. The quantitative estimate of drug-likeness (QED) is 0.938. The first-order chi connectivity index (χ1) is 10.2. The molecule has 0 bridgehead atoms. The van der Waals surface area contributed by atoms with Gasteiger partial charge in [-0.05, 0) is 35.9 Å². The standard InChI is InChI=1S/C17H17N3O/c18-14-11-17(21)20(12-14)16-6-3-4-13(10-16)7-8-15-5-1-2-9-19-15/h1-10,14H,11-12,18H2. The normalized spacial score (nSPS) is 18.6. The van der Waals surface area contributed by atoms with Crippen LogP contribution in [0.2, 0.25) is 0 Å². The second-order valence-corrected chi connectivity index (χ2v) is 5.15. The number of rotatable bonds is 3. The van der Waals surface area contributed by atoms with Gasteiger partial charge in [-0.3, -0.25) is 9.78 Å². The van der Waals surface area contributed by atoms with Crippen molar-refractivity contribution in [3.05, 3.63) is 59.9 Å². The summed E-state index contributed by atoms with van der Waals surface area (Å²) in [5, 5.41) is 0. The van der Waals surface area contributed by atoms with E-state index < -0.39 is 0 Å². The van der Waals surface area contributed by atoms with Crippen LogP contribution in [0, 0.1) is 0 Å². The lowest BCUT2D eigenvalue weighted by Gasteiger charge is -2.16. The van der Waals surface area contributed by atoms with Gasteiger partial charge in [-0.25, -0.2) is 0 Å². The first-order valence-electron chi connectivity index (χ1n) is 6.97. The van der Waals surface area contributed by atoms with Crippen LogP contribution in [0.3, 0.4) is 0 Å². The zero-order valence-electron chi connectivity index (χ0n) is 11.6. The van der Waals surface area contributed by atoms with Crippen molar-refractivity contribution in [1.82, 2.24) is 4.98 Å². The lowest BCUT2D eigenvalue weighted by atomic mass is 10.1. The van der Waals surface area contributed by atoms with Crippen molar-refractivity contribution in [2.45, 2.75) is 12.5 Å². The topological polar surface area (TPSA) is 59.2 Å². The minimum Gasteiger partial charge on any atom is -0.326 e. The average Bonchev–Trinajstić information content (AvgIpc) is 2.85. The highest BCUT2D eigenvalue weighted by atomic mass is 16.2. The van der Waals surface area contributed by atoms with Crippen LogP contribution in [-0.4, -0.2) is 23.5 Å². The number of hydrogen-bond donors (Lipinski definition) is 1. The van der Waals surface area contributed by atoms with Crippen LogP contribution < -0.4 is 10.6 Å². The Labute approximate surface area is 123 Å². The monoisotopic (exact) mass is 279 g/mol. The largest absolute Gasteiger partial charge is 0.326 e. The molecule has 21 heavy (non-hydrogen) atoms. The minimum atomic E-state index is -0.0646. The van der Waals surface area contributed by atoms with E-state index >= 15 is 0 Å². The number of pyridine rings is 1. The molecule has 1 aromatic carbocycles. The molecule has 0 saturated carbocycles. The molecule has 1 unspecified atom stereocenters. The van der Waals surface area contributed by atoms with E-state index in [9.17, 15) is 4.79 Å². The number of aromatic nitrogens is 1. The number of anilines is 1. The Bertz CT molecular complexity index is 667. The predicted octanol–water partition coefficient (Wildman–Crippen LogP) is 2.32. The van der Waals surface area contributed by atoms with Crippen molar-refractivity contribution in [3.8, 4) is 0 Å². The Morgan fingerprint density at radius 3 is 2.81 bits per heavy atom. The molecule has 0 radical (unpaired) electrons. The second kappa shape index (κ2) is 5.89. The first-order valence-corrected chi connectivity index (χ1v) is 6.97. The van der Waals surface area contributed by atoms with Gasteiger partial charge in [-0.15, -0.1) is 0 Å². The Kier molecular flexibility index (Phi) is 3.79. The molecule has 0 spiro atoms. The maximum Gasteiger partial charge on any atom is 0.228 e. The molecule has 2 N–H and O–H groups in total. The molecular weight excluding hydrogens is 262 g/mol. The van der Waals surface area contributed by atoms with E-state index in [2.05, 4.69) is 4.98 Å². The minimum absolute atomic E-state index is 0.0646. The highest BCUT2D eigenvalue weighted by molar-refractivity contribution is 5.96. The number of benzene rings is 1. The molecule has 4 heteroatoms. The third kappa shape index (κ3) is 3.17. The number of carbonyl (C=O) groups is 1. The molecule has 1 fully saturated rings. The molecule has 2 aromatic rings. The van der Waals surface area contributed by atoms with E-state index in [0.717, 1.165) is 16.9 Å². The second-order valence-electron chi connectivity index (χ2n) is 5.15. The highest BCUT2D eigenvalue weighted by Crippen LogP contribution is 2.22. The van der Waals surface area contributed by atoms with Crippen LogP contribution in [0.5, 0.6) is 0 Å². The number of nitrogens with two attached hydrogens (primary N) is 1. The van der Waals surface area contributed by atoms with Gasteiger partial charge in [0, 0.05) is 30.9 Å². The van der Waals surface area contributed by atoms with Crippen molar-refractivity contribution < 1.29 is 4.79 Å². The van der Waals surface area contributed by atoms with E-state index in [4.69, 9.17) is 5.73 Å². The fourth-order valence-corrected chi connectivity index (χ4v) is 2.44. The third-order valence-electron chi connectivity index (χ3n) is 3.47. The van der Waals surface area contributed by atoms with Crippen LogP contribution >= 0.6 is 0 Å². The Hall–Kier alpha value is -2.46. The van der Waals surface area contributed by atoms with E-state index in [1.165, 1.54) is 0 Å².